The van der Waals surface area contributed by atoms with Crippen LogP contribution < -0.4 is 0 Å². The molecule has 1 aliphatic rings. The predicted octanol–water partition coefficient (Wildman–Crippen LogP) is 3.66. The van der Waals surface area contributed by atoms with E-state index in [1.807, 2.05) is 11.6 Å². The van der Waals surface area contributed by atoms with Crippen LogP contribution in [0.5, 0.6) is 0 Å². The minimum absolute atomic E-state index is 0.160. The van der Waals surface area contributed by atoms with Crippen LogP contribution in [0.4, 0.5) is 0 Å². The second kappa shape index (κ2) is 7.09. The van der Waals surface area contributed by atoms with Gasteiger partial charge >= 0.3 is 0 Å². The molecule has 132 valence electrons. The molecule has 0 bridgehead atoms. The first-order valence-corrected chi connectivity index (χ1v) is 9.10. The number of aryl methyl sites for hydroxylation is 1. The van der Waals surface area contributed by atoms with Gasteiger partial charge in [0.25, 0.3) is 0 Å². The fraction of sp³-hybridized carbons (Fsp3) is 0.667. The molecule has 0 amide bonds. The van der Waals surface area contributed by atoms with Crippen LogP contribution in [0.3, 0.4) is 0 Å². The van der Waals surface area contributed by atoms with Crippen molar-refractivity contribution in [2.24, 2.45) is 18.9 Å². The molecule has 24 heavy (non-hydrogen) atoms. The van der Waals surface area contributed by atoms with Gasteiger partial charge in [-0.15, -0.1) is 0 Å². The maximum Gasteiger partial charge on any atom is 0.203 e. The smallest absolute Gasteiger partial charge is 0.203 e. The van der Waals surface area contributed by atoms with E-state index in [0.717, 1.165) is 18.5 Å². The molecule has 0 aromatic carbocycles. The summed E-state index contributed by atoms with van der Waals surface area (Å²) in [6, 6.07) is 0. The average Bonchev–Trinajstić information content (AvgIpc) is 3.08. The van der Waals surface area contributed by atoms with Gasteiger partial charge in [0.1, 0.15) is 28.4 Å². The van der Waals surface area contributed by atoms with Crippen molar-refractivity contribution in [1.82, 2.24) is 19.1 Å². The topological polar surface area (TPSA) is 63.3 Å². The van der Waals surface area contributed by atoms with E-state index in [2.05, 4.69) is 30.7 Å². The molecule has 1 fully saturated rings. The highest BCUT2D eigenvalue weighted by atomic mass is 32.2. The van der Waals surface area contributed by atoms with Crippen molar-refractivity contribution < 1.29 is 14.0 Å². The van der Waals surface area contributed by atoms with Gasteiger partial charge in [-0.2, -0.15) is 4.33 Å². The number of fused-ring (bicyclic) bond motifs is 1. The summed E-state index contributed by atoms with van der Waals surface area (Å²) >= 11 is 6.52. The fourth-order valence-corrected chi connectivity index (χ4v) is 3.89. The van der Waals surface area contributed by atoms with Gasteiger partial charge < -0.3 is 9.30 Å². The van der Waals surface area contributed by atoms with Gasteiger partial charge in [-0.05, 0) is 12.3 Å². The van der Waals surface area contributed by atoms with Crippen LogP contribution in [0.25, 0.3) is 11.2 Å². The standard InChI is InChI=1S/C15H22N4O3S2/c1-6-10-8(2)9(3)13(21-10)19-12-11(14(23)18(4)7-16-12)17-15(19)24-22-20-5/h7-10,13H,6H2,1-5H3. The van der Waals surface area contributed by atoms with Crippen molar-refractivity contribution >= 4 is 35.4 Å². The van der Waals surface area contributed by atoms with Crippen LogP contribution in [0.2, 0.25) is 0 Å². The molecule has 0 N–H and O–H groups in total. The summed E-state index contributed by atoms with van der Waals surface area (Å²) in [6.45, 7) is 6.56. The van der Waals surface area contributed by atoms with Crippen molar-refractivity contribution in [3.05, 3.63) is 11.0 Å². The molecule has 0 radical (unpaired) electrons. The second-order valence-electron chi connectivity index (χ2n) is 6.11. The highest BCUT2D eigenvalue weighted by Crippen LogP contribution is 2.43. The molecule has 1 saturated heterocycles. The highest BCUT2D eigenvalue weighted by Gasteiger charge is 2.41. The van der Waals surface area contributed by atoms with Gasteiger partial charge in [-0.25, -0.2) is 14.9 Å². The second-order valence-corrected chi connectivity index (χ2v) is 7.16. The molecule has 7 nitrogen and oxygen atoms in total. The molecular formula is C15H22N4O3S2. The van der Waals surface area contributed by atoms with Gasteiger partial charge in [0.2, 0.25) is 5.16 Å². The summed E-state index contributed by atoms with van der Waals surface area (Å²) in [7, 11) is 3.32. The number of ether oxygens (including phenoxy) is 1. The number of hydrogen-bond acceptors (Lipinski definition) is 7. The lowest BCUT2D eigenvalue weighted by atomic mass is 9.91. The SMILES string of the molecule is CCC1OC(n2c(SOOC)nc3c(=S)n(C)cnc32)C(C)C1C. The van der Waals surface area contributed by atoms with Gasteiger partial charge in [0, 0.05) is 13.0 Å². The quantitative estimate of drug-likeness (QED) is 0.344. The molecule has 1 aliphatic heterocycles. The zero-order chi connectivity index (χ0) is 17.4. The van der Waals surface area contributed by atoms with Crippen molar-refractivity contribution in [3.63, 3.8) is 0 Å². The summed E-state index contributed by atoms with van der Waals surface area (Å²) in [5.41, 5.74) is 1.38. The molecule has 0 aliphatic carbocycles. The Kier molecular flexibility index (Phi) is 5.26. The molecular weight excluding hydrogens is 348 g/mol. The number of nitrogens with zero attached hydrogens (tertiary/aromatic N) is 4. The van der Waals surface area contributed by atoms with E-state index in [0.29, 0.717) is 32.8 Å². The minimum Gasteiger partial charge on any atom is -0.354 e. The molecule has 0 spiro atoms. The summed E-state index contributed by atoms with van der Waals surface area (Å²) in [5.74, 6) is 0.764. The average molecular weight is 371 g/mol. The lowest BCUT2D eigenvalue weighted by Crippen LogP contribution is -2.17. The maximum absolute atomic E-state index is 6.31. The van der Waals surface area contributed by atoms with Gasteiger partial charge in [-0.3, -0.25) is 4.57 Å². The Hall–Kier alpha value is -1.00. The zero-order valence-electron chi connectivity index (χ0n) is 14.4. The van der Waals surface area contributed by atoms with E-state index >= 15 is 0 Å². The third-order valence-corrected chi connectivity index (χ3v) is 5.87. The monoisotopic (exact) mass is 370 g/mol. The zero-order valence-corrected chi connectivity index (χ0v) is 16.1. The lowest BCUT2D eigenvalue weighted by molar-refractivity contribution is -0.160. The van der Waals surface area contributed by atoms with E-state index in [9.17, 15) is 0 Å². The highest BCUT2D eigenvalue weighted by molar-refractivity contribution is 7.94. The maximum atomic E-state index is 6.31. The largest absolute Gasteiger partial charge is 0.354 e. The van der Waals surface area contributed by atoms with Crippen LogP contribution >= 0.6 is 24.3 Å². The predicted molar refractivity (Wildman–Crippen MR) is 93.8 cm³/mol. The van der Waals surface area contributed by atoms with Gasteiger partial charge in [-0.1, -0.05) is 33.0 Å². The summed E-state index contributed by atoms with van der Waals surface area (Å²) in [6.07, 6.45) is 2.73. The normalized spacial score (nSPS) is 27.2. The molecule has 0 saturated carbocycles. The van der Waals surface area contributed by atoms with E-state index < -0.39 is 0 Å². The summed E-state index contributed by atoms with van der Waals surface area (Å²) < 4.78 is 15.7. The van der Waals surface area contributed by atoms with Crippen molar-refractivity contribution in [1.29, 1.82) is 0 Å². The lowest BCUT2D eigenvalue weighted by Gasteiger charge is -2.20. The molecule has 3 rings (SSSR count). The Balaban J connectivity index is 2.14. The Bertz CT molecular complexity index is 791. The Labute approximate surface area is 150 Å². The number of imidazole rings is 1. The molecule has 2 aromatic rings. The van der Waals surface area contributed by atoms with E-state index in [4.69, 9.17) is 26.2 Å². The minimum atomic E-state index is -0.160. The van der Waals surface area contributed by atoms with Crippen molar-refractivity contribution in [3.8, 4) is 0 Å². The molecule has 2 aromatic heterocycles. The van der Waals surface area contributed by atoms with E-state index in [1.165, 1.54) is 7.11 Å². The van der Waals surface area contributed by atoms with Crippen LogP contribution in [-0.2, 0) is 21.0 Å². The number of rotatable bonds is 5. The first-order valence-electron chi connectivity index (χ1n) is 7.95. The summed E-state index contributed by atoms with van der Waals surface area (Å²) in [4.78, 5) is 13.9. The fourth-order valence-electron chi connectivity index (χ4n) is 3.17. The van der Waals surface area contributed by atoms with Crippen LogP contribution in [0, 0.1) is 16.5 Å². The molecule has 9 heteroatoms. The van der Waals surface area contributed by atoms with Crippen molar-refractivity contribution in [2.45, 2.75) is 44.7 Å². The third-order valence-electron chi connectivity index (χ3n) is 4.74. The van der Waals surface area contributed by atoms with Gasteiger partial charge in [0.15, 0.2) is 5.65 Å². The Morgan fingerprint density at radius 3 is 2.75 bits per heavy atom. The van der Waals surface area contributed by atoms with Crippen LogP contribution in [-0.4, -0.2) is 32.3 Å². The number of hydrogen-bond donors (Lipinski definition) is 0. The Morgan fingerprint density at radius 1 is 1.38 bits per heavy atom. The van der Waals surface area contributed by atoms with Gasteiger partial charge in [0.05, 0.1) is 19.5 Å². The molecule has 4 unspecified atom stereocenters. The first-order chi connectivity index (χ1) is 11.5. The van der Waals surface area contributed by atoms with Crippen LogP contribution in [0.15, 0.2) is 11.5 Å². The van der Waals surface area contributed by atoms with E-state index in [1.54, 1.807) is 10.9 Å². The molecule has 3 heterocycles. The Morgan fingerprint density at radius 2 is 2.12 bits per heavy atom. The number of aromatic nitrogens is 4. The third kappa shape index (κ3) is 2.88. The molecule has 4 atom stereocenters. The van der Waals surface area contributed by atoms with Crippen LogP contribution in [0.1, 0.15) is 33.4 Å². The van der Waals surface area contributed by atoms with E-state index in [-0.39, 0.29) is 12.3 Å². The first kappa shape index (κ1) is 17.8. The van der Waals surface area contributed by atoms with Crippen molar-refractivity contribution in [2.75, 3.05) is 7.11 Å². The summed E-state index contributed by atoms with van der Waals surface area (Å²) in [5, 5.41) is 0.623.